The molecule has 1 unspecified atom stereocenters. The van der Waals surface area contributed by atoms with E-state index in [9.17, 15) is 14.4 Å². The van der Waals surface area contributed by atoms with E-state index in [0.29, 0.717) is 24.7 Å². The van der Waals surface area contributed by atoms with Gasteiger partial charge in [-0.3, -0.25) is 14.5 Å². The van der Waals surface area contributed by atoms with Crippen molar-refractivity contribution in [1.82, 2.24) is 20.5 Å². The molecular formula is C21H24N4O5. The molecule has 0 aliphatic carbocycles. The lowest BCUT2D eigenvalue weighted by Crippen LogP contribution is -2.43. The number of rotatable bonds is 9. The van der Waals surface area contributed by atoms with Gasteiger partial charge in [0.05, 0.1) is 6.61 Å². The van der Waals surface area contributed by atoms with E-state index in [2.05, 4.69) is 15.6 Å². The lowest BCUT2D eigenvalue weighted by Gasteiger charge is -2.22. The second kappa shape index (κ2) is 9.36. The molecule has 2 heterocycles. The highest BCUT2D eigenvalue weighted by Gasteiger charge is 2.49. The number of imide groups is 1. The molecule has 1 atom stereocenters. The standard InChI is InChI=1S/C21H24N4O5/c1-21(16-6-4-3-5-7-16)19(27)25(20(28)24-21)14-17(26)22-12-15-8-9-18(23-13-15)30-11-10-29-2/h3-9,13H,10-12,14H2,1-2H3,(H,22,26)(H,24,28). The number of methoxy groups -OCH3 is 1. The smallest absolute Gasteiger partial charge is 0.325 e. The largest absolute Gasteiger partial charge is 0.475 e. The molecular weight excluding hydrogens is 388 g/mol. The SMILES string of the molecule is COCCOc1ccc(CNC(=O)CN2C(=O)NC(C)(c3ccccc3)C2=O)cn1. The first-order valence-corrected chi connectivity index (χ1v) is 9.47. The molecule has 3 rings (SSSR count). The van der Waals surface area contributed by atoms with Crippen molar-refractivity contribution in [3.05, 3.63) is 59.8 Å². The molecule has 1 saturated heterocycles. The Labute approximate surface area is 174 Å². The van der Waals surface area contributed by atoms with Gasteiger partial charge in [-0.1, -0.05) is 36.4 Å². The van der Waals surface area contributed by atoms with Gasteiger partial charge in [-0.25, -0.2) is 9.78 Å². The maximum atomic E-state index is 12.8. The molecule has 1 aromatic carbocycles. The van der Waals surface area contributed by atoms with Crippen LogP contribution < -0.4 is 15.4 Å². The third-order valence-electron chi connectivity index (χ3n) is 4.75. The summed E-state index contributed by atoms with van der Waals surface area (Å²) in [6, 6.07) is 11.8. The zero-order chi connectivity index (χ0) is 21.6. The van der Waals surface area contributed by atoms with Crippen LogP contribution in [0.4, 0.5) is 4.79 Å². The first kappa shape index (κ1) is 21.3. The average Bonchev–Trinajstić information content (AvgIpc) is 2.98. The predicted molar refractivity (Wildman–Crippen MR) is 107 cm³/mol. The molecule has 1 aliphatic heterocycles. The number of ether oxygens (including phenoxy) is 2. The number of nitrogens with zero attached hydrogens (tertiary/aromatic N) is 2. The summed E-state index contributed by atoms with van der Waals surface area (Å²) >= 11 is 0. The van der Waals surface area contributed by atoms with Crippen molar-refractivity contribution in [2.45, 2.75) is 19.0 Å². The number of hydrogen-bond acceptors (Lipinski definition) is 6. The summed E-state index contributed by atoms with van der Waals surface area (Å²) < 4.78 is 10.3. The fourth-order valence-corrected chi connectivity index (χ4v) is 3.04. The van der Waals surface area contributed by atoms with Crippen LogP contribution in [-0.2, 0) is 26.4 Å². The Hall–Kier alpha value is -3.46. The molecule has 0 radical (unpaired) electrons. The summed E-state index contributed by atoms with van der Waals surface area (Å²) in [5, 5.41) is 5.37. The van der Waals surface area contributed by atoms with Crippen LogP contribution in [0.2, 0.25) is 0 Å². The zero-order valence-electron chi connectivity index (χ0n) is 16.9. The second-order valence-electron chi connectivity index (χ2n) is 6.94. The average molecular weight is 412 g/mol. The van der Waals surface area contributed by atoms with Gasteiger partial charge in [0, 0.05) is 25.9 Å². The van der Waals surface area contributed by atoms with E-state index in [0.717, 1.165) is 10.5 Å². The molecule has 30 heavy (non-hydrogen) atoms. The number of urea groups is 1. The summed E-state index contributed by atoms with van der Waals surface area (Å²) in [6.45, 7) is 2.34. The zero-order valence-corrected chi connectivity index (χ0v) is 16.9. The van der Waals surface area contributed by atoms with E-state index >= 15 is 0 Å². The number of hydrogen-bond donors (Lipinski definition) is 2. The molecule has 1 aromatic heterocycles. The number of benzene rings is 1. The van der Waals surface area contributed by atoms with Crippen molar-refractivity contribution in [2.24, 2.45) is 0 Å². The molecule has 0 bridgehead atoms. The molecule has 0 spiro atoms. The van der Waals surface area contributed by atoms with E-state index in [4.69, 9.17) is 9.47 Å². The monoisotopic (exact) mass is 412 g/mol. The minimum Gasteiger partial charge on any atom is -0.475 e. The minimum atomic E-state index is -1.19. The molecule has 158 valence electrons. The van der Waals surface area contributed by atoms with Crippen LogP contribution in [-0.4, -0.2) is 54.6 Å². The van der Waals surface area contributed by atoms with Gasteiger partial charge in [0.15, 0.2) is 0 Å². The Morgan fingerprint density at radius 3 is 2.60 bits per heavy atom. The van der Waals surface area contributed by atoms with E-state index in [1.807, 2.05) is 6.07 Å². The molecule has 9 heteroatoms. The summed E-state index contributed by atoms with van der Waals surface area (Å²) in [5.74, 6) is -0.453. The topological polar surface area (TPSA) is 110 Å². The van der Waals surface area contributed by atoms with Gasteiger partial charge in [-0.15, -0.1) is 0 Å². The highest BCUT2D eigenvalue weighted by Crippen LogP contribution is 2.28. The summed E-state index contributed by atoms with van der Waals surface area (Å²) in [4.78, 5) is 42.5. The Bertz CT molecular complexity index is 903. The van der Waals surface area contributed by atoms with Gasteiger partial charge in [0.25, 0.3) is 5.91 Å². The third kappa shape index (κ3) is 4.74. The van der Waals surface area contributed by atoms with Gasteiger partial charge in [0.2, 0.25) is 11.8 Å². The number of carbonyl (C=O) groups is 3. The van der Waals surface area contributed by atoms with Gasteiger partial charge in [0.1, 0.15) is 18.7 Å². The van der Waals surface area contributed by atoms with Crippen molar-refractivity contribution in [3.8, 4) is 5.88 Å². The number of nitrogens with one attached hydrogen (secondary N) is 2. The van der Waals surface area contributed by atoms with Crippen molar-refractivity contribution in [2.75, 3.05) is 26.9 Å². The van der Waals surface area contributed by atoms with Crippen LogP contribution in [0.3, 0.4) is 0 Å². The number of amides is 4. The number of carbonyl (C=O) groups excluding carboxylic acids is 3. The van der Waals surface area contributed by atoms with Crippen molar-refractivity contribution in [3.63, 3.8) is 0 Å². The highest BCUT2D eigenvalue weighted by atomic mass is 16.5. The van der Waals surface area contributed by atoms with Gasteiger partial charge in [-0.05, 0) is 18.1 Å². The molecule has 9 nitrogen and oxygen atoms in total. The van der Waals surface area contributed by atoms with Gasteiger partial charge >= 0.3 is 6.03 Å². The molecule has 2 aromatic rings. The molecule has 1 fully saturated rings. The summed E-state index contributed by atoms with van der Waals surface area (Å²) in [5.41, 5.74) is 0.222. The maximum Gasteiger partial charge on any atom is 0.325 e. The fraction of sp³-hybridized carbons (Fsp3) is 0.333. The second-order valence-corrected chi connectivity index (χ2v) is 6.94. The molecule has 2 N–H and O–H groups in total. The molecule has 1 aliphatic rings. The lowest BCUT2D eigenvalue weighted by molar-refractivity contribution is -0.134. The normalized spacial score (nSPS) is 18.3. The van der Waals surface area contributed by atoms with Crippen LogP contribution >= 0.6 is 0 Å². The first-order valence-electron chi connectivity index (χ1n) is 9.47. The van der Waals surface area contributed by atoms with E-state index in [1.165, 1.54) is 0 Å². The van der Waals surface area contributed by atoms with Gasteiger partial charge < -0.3 is 20.1 Å². The maximum absolute atomic E-state index is 12.8. The van der Waals surface area contributed by atoms with Gasteiger partial charge in [-0.2, -0.15) is 0 Å². The Morgan fingerprint density at radius 2 is 1.93 bits per heavy atom. The Morgan fingerprint density at radius 1 is 1.17 bits per heavy atom. The first-order chi connectivity index (χ1) is 14.4. The minimum absolute atomic E-state index is 0.212. The lowest BCUT2D eigenvalue weighted by atomic mass is 9.92. The number of pyridine rings is 1. The third-order valence-corrected chi connectivity index (χ3v) is 4.75. The van der Waals surface area contributed by atoms with Crippen LogP contribution in [0.1, 0.15) is 18.1 Å². The quantitative estimate of drug-likeness (QED) is 0.473. The summed E-state index contributed by atoms with van der Waals surface area (Å²) in [6.07, 6.45) is 1.59. The van der Waals surface area contributed by atoms with E-state index < -0.39 is 23.4 Å². The van der Waals surface area contributed by atoms with Crippen LogP contribution in [0.25, 0.3) is 0 Å². The molecule has 0 saturated carbocycles. The summed E-state index contributed by atoms with van der Waals surface area (Å²) in [7, 11) is 1.59. The Kier molecular flexibility index (Phi) is 6.63. The van der Waals surface area contributed by atoms with Crippen molar-refractivity contribution >= 4 is 17.8 Å². The van der Waals surface area contributed by atoms with Crippen LogP contribution in [0.15, 0.2) is 48.7 Å². The van der Waals surface area contributed by atoms with Crippen LogP contribution in [0.5, 0.6) is 5.88 Å². The highest BCUT2D eigenvalue weighted by molar-refractivity contribution is 6.09. The predicted octanol–water partition coefficient (Wildman–Crippen LogP) is 1.19. The number of aromatic nitrogens is 1. The molecule has 4 amide bonds. The van der Waals surface area contributed by atoms with E-state index in [-0.39, 0.29) is 13.1 Å². The van der Waals surface area contributed by atoms with Crippen molar-refractivity contribution in [1.29, 1.82) is 0 Å². The fourth-order valence-electron chi connectivity index (χ4n) is 3.04. The Balaban J connectivity index is 1.53. The van der Waals surface area contributed by atoms with E-state index in [1.54, 1.807) is 56.6 Å². The van der Waals surface area contributed by atoms with Crippen LogP contribution in [0, 0.1) is 0 Å². The van der Waals surface area contributed by atoms with Crippen molar-refractivity contribution < 1.29 is 23.9 Å².